The standard InChI is InChI=1S/C7H13N5O2/c1-11(5-4-6(13)14-3)7-8-9-10-12(7)2/h4-5H2,1-3H3. The van der Waals surface area contributed by atoms with Crippen molar-refractivity contribution in [2.75, 3.05) is 25.6 Å². The van der Waals surface area contributed by atoms with Gasteiger partial charge in [-0.1, -0.05) is 5.10 Å². The van der Waals surface area contributed by atoms with Crippen LogP contribution in [0.3, 0.4) is 0 Å². The summed E-state index contributed by atoms with van der Waals surface area (Å²) in [6, 6.07) is 0. The maximum absolute atomic E-state index is 10.9. The highest BCUT2D eigenvalue weighted by Gasteiger charge is 2.09. The van der Waals surface area contributed by atoms with Crippen LogP contribution in [0, 0.1) is 0 Å². The van der Waals surface area contributed by atoms with E-state index in [0.717, 1.165) is 0 Å². The van der Waals surface area contributed by atoms with E-state index in [1.807, 2.05) is 7.05 Å². The minimum Gasteiger partial charge on any atom is -0.469 e. The molecule has 0 spiro atoms. The van der Waals surface area contributed by atoms with E-state index in [0.29, 0.717) is 18.9 Å². The molecule has 1 rings (SSSR count). The molecule has 0 aromatic carbocycles. The molecule has 0 saturated carbocycles. The SMILES string of the molecule is COC(=O)CCN(C)c1nnnn1C. The van der Waals surface area contributed by atoms with E-state index in [2.05, 4.69) is 20.3 Å². The maximum atomic E-state index is 10.9. The van der Waals surface area contributed by atoms with Crippen LogP contribution in [0.15, 0.2) is 0 Å². The fourth-order valence-electron chi connectivity index (χ4n) is 1.01. The molecule has 0 amide bonds. The molecular weight excluding hydrogens is 186 g/mol. The van der Waals surface area contributed by atoms with Crippen LogP contribution < -0.4 is 4.90 Å². The minimum absolute atomic E-state index is 0.244. The lowest BCUT2D eigenvalue weighted by atomic mass is 10.4. The fourth-order valence-corrected chi connectivity index (χ4v) is 1.01. The first-order valence-corrected chi connectivity index (χ1v) is 4.15. The Kier molecular flexibility index (Phi) is 3.38. The van der Waals surface area contributed by atoms with Gasteiger partial charge in [-0.25, -0.2) is 4.68 Å². The first-order chi connectivity index (χ1) is 6.65. The third-order valence-electron chi connectivity index (χ3n) is 1.82. The molecule has 0 aliphatic heterocycles. The van der Waals surface area contributed by atoms with Gasteiger partial charge in [-0.05, 0) is 10.4 Å². The van der Waals surface area contributed by atoms with Crippen molar-refractivity contribution in [2.45, 2.75) is 6.42 Å². The Morgan fingerprint density at radius 3 is 2.86 bits per heavy atom. The summed E-state index contributed by atoms with van der Waals surface area (Å²) in [5.41, 5.74) is 0. The van der Waals surface area contributed by atoms with Crippen molar-refractivity contribution in [3.05, 3.63) is 0 Å². The van der Waals surface area contributed by atoms with Crippen LogP contribution in [-0.4, -0.2) is 46.9 Å². The van der Waals surface area contributed by atoms with E-state index in [9.17, 15) is 4.79 Å². The zero-order chi connectivity index (χ0) is 10.6. The van der Waals surface area contributed by atoms with Crippen LogP contribution in [0.25, 0.3) is 0 Å². The number of anilines is 1. The first kappa shape index (κ1) is 10.4. The van der Waals surface area contributed by atoms with Gasteiger partial charge in [0.05, 0.1) is 13.5 Å². The van der Waals surface area contributed by atoms with Gasteiger partial charge < -0.3 is 9.64 Å². The Morgan fingerprint density at radius 2 is 2.36 bits per heavy atom. The number of aryl methyl sites for hydroxylation is 1. The Balaban J connectivity index is 2.47. The molecule has 0 unspecified atom stereocenters. The second-order valence-corrected chi connectivity index (χ2v) is 2.85. The van der Waals surface area contributed by atoms with Crippen LogP contribution >= 0.6 is 0 Å². The number of aromatic nitrogens is 4. The summed E-state index contributed by atoms with van der Waals surface area (Å²) < 4.78 is 6.06. The summed E-state index contributed by atoms with van der Waals surface area (Å²) in [5, 5.41) is 11.0. The number of ether oxygens (including phenoxy) is 1. The molecule has 0 N–H and O–H groups in total. The summed E-state index contributed by atoms with van der Waals surface area (Å²) >= 11 is 0. The summed E-state index contributed by atoms with van der Waals surface area (Å²) in [4.78, 5) is 12.7. The number of nitrogens with zero attached hydrogens (tertiary/aromatic N) is 5. The first-order valence-electron chi connectivity index (χ1n) is 4.15. The van der Waals surface area contributed by atoms with Gasteiger partial charge in [-0.3, -0.25) is 4.79 Å². The van der Waals surface area contributed by atoms with Gasteiger partial charge in [0.2, 0.25) is 5.95 Å². The molecule has 0 atom stereocenters. The van der Waals surface area contributed by atoms with E-state index >= 15 is 0 Å². The molecule has 1 aromatic heterocycles. The van der Waals surface area contributed by atoms with Gasteiger partial charge in [-0.15, -0.1) is 0 Å². The van der Waals surface area contributed by atoms with Crippen molar-refractivity contribution in [2.24, 2.45) is 7.05 Å². The Morgan fingerprint density at radius 1 is 1.64 bits per heavy atom. The van der Waals surface area contributed by atoms with Crippen molar-refractivity contribution >= 4 is 11.9 Å². The highest BCUT2D eigenvalue weighted by Crippen LogP contribution is 2.03. The van der Waals surface area contributed by atoms with Crippen LogP contribution in [0.2, 0.25) is 0 Å². The molecule has 7 heteroatoms. The monoisotopic (exact) mass is 199 g/mol. The third-order valence-corrected chi connectivity index (χ3v) is 1.82. The number of carbonyl (C=O) groups excluding carboxylic acids is 1. The van der Waals surface area contributed by atoms with Gasteiger partial charge >= 0.3 is 5.97 Å². The van der Waals surface area contributed by atoms with Crippen LogP contribution in [0.5, 0.6) is 0 Å². The second-order valence-electron chi connectivity index (χ2n) is 2.85. The second kappa shape index (κ2) is 4.54. The molecule has 78 valence electrons. The summed E-state index contributed by atoms with van der Waals surface area (Å²) in [6.45, 7) is 0.529. The summed E-state index contributed by atoms with van der Waals surface area (Å²) in [5.74, 6) is 0.376. The lowest BCUT2D eigenvalue weighted by Gasteiger charge is -2.15. The topological polar surface area (TPSA) is 73.1 Å². The van der Waals surface area contributed by atoms with Gasteiger partial charge in [0.15, 0.2) is 0 Å². The molecule has 0 bridgehead atoms. The molecule has 1 aromatic rings. The van der Waals surface area contributed by atoms with Crippen molar-refractivity contribution in [1.29, 1.82) is 0 Å². The predicted octanol–water partition coefficient (Wildman–Crippen LogP) is -0.791. The molecule has 0 fully saturated rings. The number of hydrogen-bond donors (Lipinski definition) is 0. The van der Waals surface area contributed by atoms with Crippen molar-refractivity contribution < 1.29 is 9.53 Å². The normalized spacial score (nSPS) is 9.93. The number of carbonyl (C=O) groups is 1. The Labute approximate surface area is 81.6 Å². The van der Waals surface area contributed by atoms with E-state index in [1.165, 1.54) is 11.8 Å². The van der Waals surface area contributed by atoms with Crippen molar-refractivity contribution in [1.82, 2.24) is 20.2 Å². The molecule has 7 nitrogen and oxygen atoms in total. The number of hydrogen-bond acceptors (Lipinski definition) is 6. The van der Waals surface area contributed by atoms with E-state index in [1.54, 1.807) is 11.9 Å². The van der Waals surface area contributed by atoms with E-state index in [4.69, 9.17) is 0 Å². The molecule has 0 saturated heterocycles. The van der Waals surface area contributed by atoms with Crippen LogP contribution in [0.1, 0.15) is 6.42 Å². The average molecular weight is 199 g/mol. The Bertz CT molecular complexity index is 311. The molecule has 0 aliphatic rings. The fraction of sp³-hybridized carbons (Fsp3) is 0.714. The Hall–Kier alpha value is -1.66. The minimum atomic E-state index is -0.244. The molecule has 1 heterocycles. The van der Waals surface area contributed by atoms with Gasteiger partial charge in [0.1, 0.15) is 0 Å². The average Bonchev–Trinajstić information content (AvgIpc) is 2.60. The number of rotatable bonds is 4. The number of esters is 1. The molecular formula is C7H13N5O2. The lowest BCUT2D eigenvalue weighted by Crippen LogP contribution is -2.24. The third kappa shape index (κ3) is 2.41. The smallest absolute Gasteiger partial charge is 0.307 e. The molecule has 14 heavy (non-hydrogen) atoms. The van der Waals surface area contributed by atoms with E-state index in [-0.39, 0.29) is 5.97 Å². The quantitative estimate of drug-likeness (QED) is 0.592. The number of methoxy groups -OCH3 is 1. The van der Waals surface area contributed by atoms with Crippen molar-refractivity contribution in [3.8, 4) is 0 Å². The predicted molar refractivity (Wildman–Crippen MR) is 48.7 cm³/mol. The maximum Gasteiger partial charge on any atom is 0.307 e. The highest BCUT2D eigenvalue weighted by molar-refractivity contribution is 5.69. The zero-order valence-electron chi connectivity index (χ0n) is 8.47. The summed E-state index contributed by atoms with van der Waals surface area (Å²) in [6.07, 6.45) is 0.319. The number of tetrazole rings is 1. The van der Waals surface area contributed by atoms with Crippen LogP contribution in [0.4, 0.5) is 5.95 Å². The lowest BCUT2D eigenvalue weighted by molar-refractivity contribution is -0.140. The summed E-state index contributed by atoms with van der Waals surface area (Å²) in [7, 11) is 4.92. The molecule has 0 aliphatic carbocycles. The zero-order valence-corrected chi connectivity index (χ0v) is 8.47. The largest absolute Gasteiger partial charge is 0.469 e. The van der Waals surface area contributed by atoms with Gasteiger partial charge in [0.25, 0.3) is 0 Å². The van der Waals surface area contributed by atoms with Gasteiger partial charge in [-0.2, -0.15) is 0 Å². The van der Waals surface area contributed by atoms with Gasteiger partial charge in [0, 0.05) is 20.6 Å². The van der Waals surface area contributed by atoms with Crippen molar-refractivity contribution in [3.63, 3.8) is 0 Å². The molecule has 0 radical (unpaired) electrons. The van der Waals surface area contributed by atoms with Crippen LogP contribution in [-0.2, 0) is 16.6 Å². The van der Waals surface area contributed by atoms with E-state index < -0.39 is 0 Å². The highest BCUT2D eigenvalue weighted by atomic mass is 16.5.